The first-order valence-corrected chi connectivity index (χ1v) is 7.94. The van der Waals surface area contributed by atoms with Crippen LogP contribution in [0.3, 0.4) is 0 Å². The van der Waals surface area contributed by atoms with Gasteiger partial charge in [-0.25, -0.2) is 0 Å². The fourth-order valence-electron chi connectivity index (χ4n) is 4.89. The van der Waals surface area contributed by atoms with Gasteiger partial charge in [-0.2, -0.15) is 0 Å². The zero-order valence-electron chi connectivity index (χ0n) is 13.3. The van der Waals surface area contributed by atoms with Gasteiger partial charge in [-0.3, -0.25) is 14.9 Å². The summed E-state index contributed by atoms with van der Waals surface area (Å²) >= 11 is 0. The third-order valence-corrected chi connectivity index (χ3v) is 6.13. The second-order valence-corrected chi connectivity index (χ2v) is 7.34. The molecular formula is C17H21NO5. The van der Waals surface area contributed by atoms with E-state index in [0.717, 1.165) is 24.0 Å². The summed E-state index contributed by atoms with van der Waals surface area (Å²) in [5, 5.41) is 30.8. The van der Waals surface area contributed by atoms with E-state index in [1.165, 1.54) is 12.1 Å². The number of nitrogens with zero attached hydrogens (tertiary/aromatic N) is 1. The molecule has 2 aliphatic carbocycles. The molecule has 0 saturated heterocycles. The molecule has 0 radical (unpaired) electrons. The predicted molar refractivity (Wildman–Crippen MR) is 83.5 cm³/mol. The first-order chi connectivity index (χ1) is 10.7. The van der Waals surface area contributed by atoms with Gasteiger partial charge in [0.25, 0.3) is 0 Å². The number of carboxylic acid groups (broad SMARTS) is 1. The van der Waals surface area contributed by atoms with Crippen molar-refractivity contribution < 1.29 is 19.9 Å². The van der Waals surface area contributed by atoms with Gasteiger partial charge >= 0.3 is 11.7 Å². The van der Waals surface area contributed by atoms with E-state index in [2.05, 4.69) is 0 Å². The average molecular weight is 319 g/mol. The van der Waals surface area contributed by atoms with Crippen molar-refractivity contribution >= 4 is 11.7 Å². The number of aryl methyl sites for hydroxylation is 1. The van der Waals surface area contributed by atoms with Gasteiger partial charge in [-0.1, -0.05) is 13.3 Å². The van der Waals surface area contributed by atoms with Crippen LogP contribution in [0.2, 0.25) is 0 Å². The molecule has 2 aliphatic rings. The minimum absolute atomic E-state index is 0.0328. The van der Waals surface area contributed by atoms with Gasteiger partial charge < -0.3 is 10.2 Å². The molecule has 1 fully saturated rings. The van der Waals surface area contributed by atoms with Crippen molar-refractivity contribution in [3.63, 3.8) is 0 Å². The van der Waals surface area contributed by atoms with E-state index in [4.69, 9.17) is 0 Å². The highest BCUT2D eigenvalue weighted by Crippen LogP contribution is 2.58. The number of hydrogen-bond acceptors (Lipinski definition) is 4. The van der Waals surface area contributed by atoms with Crippen LogP contribution >= 0.6 is 0 Å². The summed E-state index contributed by atoms with van der Waals surface area (Å²) in [6.45, 7) is 3.86. The predicted octanol–water partition coefficient (Wildman–Crippen LogP) is 3.40. The van der Waals surface area contributed by atoms with E-state index in [9.17, 15) is 25.1 Å². The Balaban J connectivity index is 2.15. The molecule has 2 N–H and O–H groups in total. The van der Waals surface area contributed by atoms with Crippen LogP contribution in [0, 0.1) is 21.4 Å². The molecule has 0 aromatic heterocycles. The van der Waals surface area contributed by atoms with Crippen LogP contribution < -0.4 is 0 Å². The van der Waals surface area contributed by atoms with Crippen LogP contribution in [0.25, 0.3) is 0 Å². The summed E-state index contributed by atoms with van der Waals surface area (Å²) in [5.74, 6) is -1.14. The maximum atomic E-state index is 11.9. The van der Waals surface area contributed by atoms with Crippen molar-refractivity contribution in [2.45, 2.75) is 51.4 Å². The first-order valence-electron chi connectivity index (χ1n) is 7.94. The Kier molecular flexibility index (Phi) is 3.39. The second kappa shape index (κ2) is 4.94. The van der Waals surface area contributed by atoms with Gasteiger partial charge in [0.1, 0.15) is 0 Å². The van der Waals surface area contributed by atoms with E-state index < -0.39 is 16.3 Å². The van der Waals surface area contributed by atoms with Gasteiger partial charge in [0.15, 0.2) is 5.75 Å². The highest BCUT2D eigenvalue weighted by atomic mass is 16.6. The Morgan fingerprint density at radius 2 is 2.04 bits per heavy atom. The summed E-state index contributed by atoms with van der Waals surface area (Å²) in [4.78, 5) is 22.3. The van der Waals surface area contributed by atoms with Crippen molar-refractivity contribution in [2.75, 3.05) is 0 Å². The molecule has 124 valence electrons. The van der Waals surface area contributed by atoms with Gasteiger partial charge in [-0.05, 0) is 61.1 Å². The van der Waals surface area contributed by atoms with Crippen LogP contribution in [0.15, 0.2) is 12.1 Å². The fourth-order valence-corrected chi connectivity index (χ4v) is 4.89. The minimum Gasteiger partial charge on any atom is -0.502 e. The number of carbonyl (C=O) groups is 1. The lowest BCUT2D eigenvalue weighted by Crippen LogP contribution is -2.52. The maximum absolute atomic E-state index is 11.9. The topological polar surface area (TPSA) is 101 Å². The van der Waals surface area contributed by atoms with Gasteiger partial charge in [0.05, 0.1) is 10.3 Å². The lowest BCUT2D eigenvalue weighted by molar-refractivity contribution is -0.386. The molecule has 0 amide bonds. The monoisotopic (exact) mass is 319 g/mol. The lowest BCUT2D eigenvalue weighted by Gasteiger charge is -2.53. The maximum Gasteiger partial charge on any atom is 0.310 e. The number of aromatic hydroxyl groups is 1. The molecular weight excluding hydrogens is 298 g/mol. The Hall–Kier alpha value is -2.11. The Labute approximate surface area is 134 Å². The third kappa shape index (κ3) is 2.11. The van der Waals surface area contributed by atoms with E-state index in [1.54, 1.807) is 0 Å². The molecule has 0 spiro atoms. The average Bonchev–Trinajstić information content (AvgIpc) is 2.46. The SMILES string of the molecule is C[C@@]1(C(=O)O)CCC[C@@]2(C)c3cc(O)c([N+](=O)[O-])cc3CC[C@@H]12. The molecule has 3 rings (SSSR count). The standard InChI is InChI=1S/C17H21NO5/c1-16-6-3-7-17(2,15(20)21)14(16)5-4-10-8-12(18(22)23)13(19)9-11(10)16/h8-9,14,19H,3-7H2,1-2H3,(H,20,21)/t14-,16+,17-/m1/s1. The highest BCUT2D eigenvalue weighted by molar-refractivity contribution is 5.75. The number of phenols is 1. The summed E-state index contributed by atoms with van der Waals surface area (Å²) in [6.07, 6.45) is 3.60. The number of fused-ring (bicyclic) bond motifs is 3. The van der Waals surface area contributed by atoms with Crippen LogP contribution in [0.4, 0.5) is 5.69 Å². The van der Waals surface area contributed by atoms with Crippen molar-refractivity contribution in [3.05, 3.63) is 33.4 Å². The molecule has 0 unspecified atom stereocenters. The molecule has 0 aliphatic heterocycles. The number of nitro groups is 1. The van der Waals surface area contributed by atoms with Crippen molar-refractivity contribution in [2.24, 2.45) is 11.3 Å². The Bertz CT molecular complexity index is 700. The summed E-state index contributed by atoms with van der Waals surface area (Å²) in [7, 11) is 0. The molecule has 0 heterocycles. The highest BCUT2D eigenvalue weighted by Gasteiger charge is 2.55. The third-order valence-electron chi connectivity index (χ3n) is 6.13. The molecule has 1 aromatic rings. The zero-order chi connectivity index (χ0) is 17.0. The van der Waals surface area contributed by atoms with Crippen molar-refractivity contribution in [1.29, 1.82) is 0 Å². The minimum atomic E-state index is -0.790. The number of hydrogen-bond donors (Lipinski definition) is 2. The largest absolute Gasteiger partial charge is 0.502 e. The number of carboxylic acids is 1. The van der Waals surface area contributed by atoms with Gasteiger partial charge in [0, 0.05) is 6.07 Å². The molecule has 3 atom stereocenters. The molecule has 1 aromatic carbocycles. The zero-order valence-corrected chi connectivity index (χ0v) is 13.3. The first kappa shape index (κ1) is 15.8. The number of benzene rings is 1. The number of aliphatic carboxylic acids is 1. The Morgan fingerprint density at radius 1 is 1.35 bits per heavy atom. The van der Waals surface area contributed by atoms with E-state index >= 15 is 0 Å². The molecule has 23 heavy (non-hydrogen) atoms. The molecule has 0 bridgehead atoms. The number of nitro benzene ring substituents is 1. The van der Waals surface area contributed by atoms with Crippen LogP contribution in [-0.4, -0.2) is 21.1 Å². The normalized spacial score (nSPS) is 32.7. The van der Waals surface area contributed by atoms with E-state index in [1.807, 2.05) is 13.8 Å². The van der Waals surface area contributed by atoms with E-state index in [0.29, 0.717) is 19.3 Å². The summed E-state index contributed by atoms with van der Waals surface area (Å²) < 4.78 is 0. The lowest BCUT2D eigenvalue weighted by atomic mass is 9.50. The molecule has 1 saturated carbocycles. The van der Waals surface area contributed by atoms with Crippen LogP contribution in [0.5, 0.6) is 5.75 Å². The van der Waals surface area contributed by atoms with E-state index in [-0.39, 0.29) is 22.8 Å². The number of rotatable bonds is 2. The summed E-state index contributed by atoms with van der Waals surface area (Å²) in [5.41, 5.74) is 0.308. The molecule has 6 nitrogen and oxygen atoms in total. The van der Waals surface area contributed by atoms with Crippen molar-refractivity contribution in [3.8, 4) is 5.75 Å². The quantitative estimate of drug-likeness (QED) is 0.642. The van der Waals surface area contributed by atoms with Crippen molar-refractivity contribution in [1.82, 2.24) is 0 Å². The molecule has 6 heteroatoms. The van der Waals surface area contributed by atoms with Crippen LogP contribution in [0.1, 0.15) is 50.7 Å². The smallest absolute Gasteiger partial charge is 0.310 e. The Morgan fingerprint density at radius 3 is 2.65 bits per heavy atom. The van der Waals surface area contributed by atoms with Gasteiger partial charge in [0.2, 0.25) is 0 Å². The number of phenolic OH excluding ortho intramolecular Hbond substituents is 1. The fraction of sp³-hybridized carbons (Fsp3) is 0.588. The summed E-state index contributed by atoms with van der Waals surface area (Å²) in [6, 6.07) is 2.95. The van der Waals surface area contributed by atoms with Crippen LogP contribution in [-0.2, 0) is 16.6 Å². The second-order valence-electron chi connectivity index (χ2n) is 7.34. The van der Waals surface area contributed by atoms with Gasteiger partial charge in [-0.15, -0.1) is 0 Å².